The molecule has 0 fully saturated rings. The first-order chi connectivity index (χ1) is 17.2. The first-order valence-electron chi connectivity index (χ1n) is 12.3. The number of halogens is 2. The van der Waals surface area contributed by atoms with Gasteiger partial charge in [-0.2, -0.15) is 0 Å². The van der Waals surface area contributed by atoms with E-state index in [9.17, 15) is 18.0 Å². The molecular weight excluding hydrogens is 533 g/mol. The molecule has 0 saturated heterocycles. The Morgan fingerprint density at radius 2 is 1.59 bits per heavy atom. The minimum Gasteiger partial charge on any atom is -0.354 e. The van der Waals surface area contributed by atoms with Gasteiger partial charge >= 0.3 is 0 Å². The number of benzene rings is 2. The summed E-state index contributed by atoms with van der Waals surface area (Å²) in [5.74, 6) is -0.318. The van der Waals surface area contributed by atoms with E-state index in [1.165, 1.54) is 9.21 Å². The van der Waals surface area contributed by atoms with Crippen LogP contribution >= 0.6 is 23.2 Å². The van der Waals surface area contributed by atoms with Crippen molar-refractivity contribution in [2.45, 2.75) is 60.0 Å². The van der Waals surface area contributed by atoms with Gasteiger partial charge < -0.3 is 10.2 Å². The summed E-state index contributed by atoms with van der Waals surface area (Å²) in [7, 11) is -3.57. The molecule has 0 aliphatic rings. The summed E-state index contributed by atoms with van der Waals surface area (Å²) in [4.78, 5) is 27.7. The highest BCUT2D eigenvalue weighted by molar-refractivity contribution is 7.92. The highest BCUT2D eigenvalue weighted by Crippen LogP contribution is 2.28. The van der Waals surface area contributed by atoms with E-state index in [-0.39, 0.29) is 43.7 Å². The molecule has 10 heteroatoms. The lowest BCUT2D eigenvalue weighted by molar-refractivity contribution is -0.140. The Labute approximate surface area is 231 Å². The number of rotatable bonds is 12. The summed E-state index contributed by atoms with van der Waals surface area (Å²) in [6.45, 7) is 10.1. The average Bonchev–Trinajstić information content (AvgIpc) is 2.81. The van der Waals surface area contributed by atoms with Crippen LogP contribution in [0.2, 0.25) is 10.0 Å². The van der Waals surface area contributed by atoms with Crippen molar-refractivity contribution >= 4 is 50.7 Å². The van der Waals surface area contributed by atoms with Crippen LogP contribution in [-0.2, 0) is 26.2 Å². The summed E-state index contributed by atoms with van der Waals surface area (Å²) in [6.07, 6.45) is 1.47. The zero-order chi connectivity index (χ0) is 27.9. The third-order valence-corrected chi connectivity index (χ3v) is 8.13. The quantitative estimate of drug-likeness (QED) is 0.373. The molecule has 204 valence electrons. The number of amides is 2. The molecule has 0 bridgehead atoms. The van der Waals surface area contributed by atoms with Gasteiger partial charge in [-0.25, -0.2) is 8.42 Å². The van der Waals surface area contributed by atoms with Crippen molar-refractivity contribution in [1.29, 1.82) is 0 Å². The van der Waals surface area contributed by atoms with Crippen LogP contribution in [-0.4, -0.2) is 50.5 Å². The maximum atomic E-state index is 13.4. The fraction of sp³-hybridized carbons (Fsp3) is 0.481. The number of carbonyl (C=O) groups is 2. The molecule has 0 heterocycles. The second kappa shape index (κ2) is 13.5. The second-order valence-electron chi connectivity index (χ2n) is 9.69. The summed E-state index contributed by atoms with van der Waals surface area (Å²) >= 11 is 12.7. The van der Waals surface area contributed by atoms with Crippen LogP contribution in [0.25, 0.3) is 0 Å². The molecule has 0 radical (unpaired) electrons. The maximum absolute atomic E-state index is 13.4. The lowest BCUT2D eigenvalue weighted by Crippen LogP contribution is -2.48. The molecule has 1 N–H and O–H groups in total. The average molecular weight is 571 g/mol. The van der Waals surface area contributed by atoms with Crippen LogP contribution in [0.5, 0.6) is 0 Å². The lowest BCUT2D eigenvalue weighted by Gasteiger charge is -2.30. The Morgan fingerprint density at radius 1 is 1.00 bits per heavy atom. The molecular formula is C27H37Cl2N3O4S. The number of nitrogens with zero attached hydrogens (tertiary/aromatic N) is 2. The molecule has 1 atom stereocenters. The van der Waals surface area contributed by atoms with Gasteiger partial charge in [-0.05, 0) is 62.4 Å². The molecule has 37 heavy (non-hydrogen) atoms. The molecule has 0 aromatic heterocycles. The predicted molar refractivity (Wildman–Crippen MR) is 152 cm³/mol. The van der Waals surface area contributed by atoms with Crippen molar-refractivity contribution in [2.75, 3.05) is 23.7 Å². The van der Waals surface area contributed by atoms with E-state index >= 15 is 0 Å². The van der Waals surface area contributed by atoms with Gasteiger partial charge in [0.2, 0.25) is 21.8 Å². The van der Waals surface area contributed by atoms with E-state index < -0.39 is 16.1 Å². The number of nitrogens with one attached hydrogen (secondary N) is 1. The fourth-order valence-electron chi connectivity index (χ4n) is 3.88. The zero-order valence-corrected chi connectivity index (χ0v) is 24.7. The third kappa shape index (κ3) is 8.62. The van der Waals surface area contributed by atoms with Crippen LogP contribution in [0, 0.1) is 19.8 Å². The van der Waals surface area contributed by atoms with Gasteiger partial charge in [0, 0.05) is 41.7 Å². The van der Waals surface area contributed by atoms with Crippen molar-refractivity contribution in [1.82, 2.24) is 10.2 Å². The van der Waals surface area contributed by atoms with Gasteiger partial charge in [0.25, 0.3) is 0 Å². The SMILES string of the molecule is Cc1cccc(N(CCCC(=O)N(Cc2c(Cl)cccc2Cl)C(C)C(=O)NCC(C)C)S(C)(=O)=O)c1C. The third-order valence-electron chi connectivity index (χ3n) is 6.24. The number of carbonyl (C=O) groups excluding carboxylic acids is 2. The first-order valence-corrected chi connectivity index (χ1v) is 14.9. The van der Waals surface area contributed by atoms with Gasteiger partial charge in [0.1, 0.15) is 6.04 Å². The molecule has 7 nitrogen and oxygen atoms in total. The van der Waals surface area contributed by atoms with E-state index in [2.05, 4.69) is 5.32 Å². The van der Waals surface area contributed by atoms with Crippen molar-refractivity contribution < 1.29 is 18.0 Å². The van der Waals surface area contributed by atoms with Gasteiger partial charge in [-0.3, -0.25) is 13.9 Å². The number of sulfonamides is 1. The molecule has 2 aromatic carbocycles. The number of hydrogen-bond donors (Lipinski definition) is 1. The van der Waals surface area contributed by atoms with Gasteiger partial charge in [-0.15, -0.1) is 0 Å². The Balaban J connectivity index is 2.25. The van der Waals surface area contributed by atoms with E-state index in [0.717, 1.165) is 17.4 Å². The Hall–Kier alpha value is -2.29. The highest BCUT2D eigenvalue weighted by atomic mass is 35.5. The number of hydrogen-bond acceptors (Lipinski definition) is 4. The topological polar surface area (TPSA) is 86.8 Å². The normalized spacial score (nSPS) is 12.4. The fourth-order valence-corrected chi connectivity index (χ4v) is 5.41. The molecule has 0 aliphatic carbocycles. The first kappa shape index (κ1) is 30.9. The molecule has 0 aliphatic heterocycles. The van der Waals surface area contributed by atoms with E-state index in [0.29, 0.717) is 27.8 Å². The van der Waals surface area contributed by atoms with Crippen LogP contribution < -0.4 is 9.62 Å². The van der Waals surface area contributed by atoms with Gasteiger partial charge in [-0.1, -0.05) is 55.2 Å². The van der Waals surface area contributed by atoms with Crippen molar-refractivity contribution in [3.05, 3.63) is 63.1 Å². The molecule has 2 aromatic rings. The van der Waals surface area contributed by atoms with Crippen molar-refractivity contribution in [3.63, 3.8) is 0 Å². The van der Waals surface area contributed by atoms with Crippen LogP contribution in [0.4, 0.5) is 5.69 Å². The zero-order valence-electron chi connectivity index (χ0n) is 22.3. The second-order valence-corrected chi connectivity index (χ2v) is 12.4. The highest BCUT2D eigenvalue weighted by Gasteiger charge is 2.28. The van der Waals surface area contributed by atoms with E-state index in [4.69, 9.17) is 23.2 Å². The Bertz CT molecular complexity index is 1200. The summed E-state index contributed by atoms with van der Waals surface area (Å²) in [5.41, 5.74) is 2.99. The smallest absolute Gasteiger partial charge is 0.242 e. The maximum Gasteiger partial charge on any atom is 0.242 e. The molecule has 2 amide bonds. The summed E-state index contributed by atoms with van der Waals surface area (Å²) < 4.78 is 26.5. The Morgan fingerprint density at radius 3 is 2.16 bits per heavy atom. The standard InChI is InChI=1S/C27H37Cl2N3O4S/c1-18(2)16-30-27(34)21(5)31(17-22-23(28)11-8-12-24(22)29)26(33)14-9-15-32(37(6,35)36)25-13-7-10-19(3)20(25)4/h7-8,10-13,18,21H,9,14-17H2,1-6H3,(H,30,34). The van der Waals surface area contributed by atoms with E-state index in [1.54, 1.807) is 31.2 Å². The minimum absolute atomic E-state index is 0.0424. The Kier molecular flexibility index (Phi) is 11.3. The summed E-state index contributed by atoms with van der Waals surface area (Å²) in [5, 5.41) is 3.68. The van der Waals surface area contributed by atoms with Crippen LogP contribution in [0.15, 0.2) is 36.4 Å². The van der Waals surface area contributed by atoms with Crippen molar-refractivity contribution in [3.8, 4) is 0 Å². The largest absolute Gasteiger partial charge is 0.354 e. The van der Waals surface area contributed by atoms with Gasteiger partial charge in [0.15, 0.2) is 0 Å². The minimum atomic E-state index is -3.57. The lowest BCUT2D eigenvalue weighted by atomic mass is 10.1. The molecule has 2 rings (SSSR count). The molecule has 1 unspecified atom stereocenters. The van der Waals surface area contributed by atoms with Gasteiger partial charge in [0.05, 0.1) is 11.9 Å². The summed E-state index contributed by atoms with van der Waals surface area (Å²) in [6, 6.07) is 9.81. The molecule has 0 saturated carbocycles. The van der Waals surface area contributed by atoms with Crippen LogP contribution in [0.3, 0.4) is 0 Å². The van der Waals surface area contributed by atoms with E-state index in [1.807, 2.05) is 39.8 Å². The molecule has 0 spiro atoms. The number of aryl methyl sites for hydroxylation is 1. The number of anilines is 1. The monoisotopic (exact) mass is 569 g/mol. The van der Waals surface area contributed by atoms with Crippen LogP contribution in [0.1, 0.15) is 50.3 Å². The predicted octanol–water partition coefficient (Wildman–Crippen LogP) is 5.35. The van der Waals surface area contributed by atoms with Crippen molar-refractivity contribution in [2.24, 2.45) is 5.92 Å².